The Hall–Kier alpha value is -4.86. The monoisotopic (exact) mass is 547 g/mol. The highest BCUT2D eigenvalue weighted by Crippen LogP contribution is 2.12. The van der Waals surface area contributed by atoms with Crippen molar-refractivity contribution < 1.29 is 33.4 Å². The Labute approximate surface area is 233 Å². The predicted octanol–water partition coefficient (Wildman–Crippen LogP) is 2.90. The van der Waals surface area contributed by atoms with Gasteiger partial charge in [0, 0.05) is 6.42 Å². The van der Waals surface area contributed by atoms with E-state index < -0.39 is 42.5 Å². The summed E-state index contributed by atoms with van der Waals surface area (Å²) in [7, 11) is 1.55. The molecule has 0 saturated carbocycles. The molecule has 10 nitrogen and oxygen atoms in total. The standard InChI is InChI=1S/C30H33N3O7/c1-21(32-27(34)18-31-30(37)40-20-24-13-15-25(38-2)16-14-24)28(35)33-26(17-22-9-5-3-6-10-22)29(36)39-19-23-11-7-4-8-12-23/h3-16,21,26H,17-20H2,1-2H3,(H,31,37)(H,32,34)(H,33,35)/t21-,26-/m1/s1. The largest absolute Gasteiger partial charge is 0.497 e. The number of esters is 1. The van der Waals surface area contributed by atoms with Crippen LogP contribution in [0.25, 0.3) is 0 Å². The normalized spacial score (nSPS) is 11.8. The van der Waals surface area contributed by atoms with Crippen LogP contribution in [0.1, 0.15) is 23.6 Å². The molecular weight excluding hydrogens is 514 g/mol. The number of benzene rings is 3. The highest BCUT2D eigenvalue weighted by molar-refractivity contribution is 5.91. The lowest BCUT2D eigenvalue weighted by Crippen LogP contribution is -2.52. The summed E-state index contributed by atoms with van der Waals surface area (Å²) >= 11 is 0. The number of carbonyl (C=O) groups excluding carboxylic acids is 4. The van der Waals surface area contributed by atoms with Crippen LogP contribution in [0.2, 0.25) is 0 Å². The van der Waals surface area contributed by atoms with Gasteiger partial charge in [-0.3, -0.25) is 9.59 Å². The van der Waals surface area contributed by atoms with Crippen LogP contribution in [-0.4, -0.2) is 49.6 Å². The minimum absolute atomic E-state index is 0.0133. The maximum atomic E-state index is 12.9. The van der Waals surface area contributed by atoms with Gasteiger partial charge in [0.1, 0.15) is 37.6 Å². The second-order valence-electron chi connectivity index (χ2n) is 8.91. The van der Waals surface area contributed by atoms with E-state index in [9.17, 15) is 19.2 Å². The number of hydrogen-bond donors (Lipinski definition) is 3. The SMILES string of the molecule is COc1ccc(COC(=O)NCC(=O)N[C@H](C)C(=O)N[C@H](Cc2ccccc2)C(=O)OCc2ccccc2)cc1. The third-order valence-corrected chi connectivity index (χ3v) is 5.80. The summed E-state index contributed by atoms with van der Waals surface area (Å²) in [4.78, 5) is 50.0. The van der Waals surface area contributed by atoms with E-state index in [1.165, 1.54) is 6.92 Å². The Bertz CT molecular complexity index is 1250. The Morgan fingerprint density at radius 1 is 0.725 bits per heavy atom. The van der Waals surface area contributed by atoms with Crippen LogP contribution < -0.4 is 20.7 Å². The molecule has 0 bridgehead atoms. The van der Waals surface area contributed by atoms with Gasteiger partial charge in [-0.2, -0.15) is 0 Å². The van der Waals surface area contributed by atoms with Crippen molar-refractivity contribution in [2.24, 2.45) is 0 Å². The minimum Gasteiger partial charge on any atom is -0.497 e. The maximum Gasteiger partial charge on any atom is 0.407 e. The first-order valence-electron chi connectivity index (χ1n) is 12.7. The first kappa shape index (κ1) is 29.7. The predicted molar refractivity (Wildman–Crippen MR) is 147 cm³/mol. The van der Waals surface area contributed by atoms with Crippen molar-refractivity contribution in [3.63, 3.8) is 0 Å². The molecule has 2 atom stereocenters. The molecule has 3 aromatic carbocycles. The number of nitrogens with one attached hydrogen (secondary N) is 3. The smallest absolute Gasteiger partial charge is 0.407 e. The fourth-order valence-electron chi connectivity index (χ4n) is 3.60. The van der Waals surface area contributed by atoms with E-state index in [4.69, 9.17) is 14.2 Å². The van der Waals surface area contributed by atoms with Crippen molar-refractivity contribution in [1.29, 1.82) is 0 Å². The van der Waals surface area contributed by atoms with Gasteiger partial charge in [-0.05, 0) is 35.7 Å². The molecule has 0 aliphatic carbocycles. The van der Waals surface area contributed by atoms with E-state index in [0.29, 0.717) is 5.75 Å². The van der Waals surface area contributed by atoms with Crippen LogP contribution in [-0.2, 0) is 43.5 Å². The van der Waals surface area contributed by atoms with Crippen LogP contribution >= 0.6 is 0 Å². The molecule has 210 valence electrons. The van der Waals surface area contributed by atoms with E-state index in [0.717, 1.165) is 16.7 Å². The van der Waals surface area contributed by atoms with Gasteiger partial charge < -0.3 is 30.2 Å². The lowest BCUT2D eigenvalue weighted by molar-refractivity contribution is -0.149. The molecule has 40 heavy (non-hydrogen) atoms. The molecule has 3 aromatic rings. The Balaban J connectivity index is 1.47. The molecule has 3 amide bonds. The Morgan fingerprint density at radius 3 is 1.93 bits per heavy atom. The second-order valence-corrected chi connectivity index (χ2v) is 8.91. The third kappa shape index (κ3) is 10.1. The van der Waals surface area contributed by atoms with Crippen LogP contribution in [0.15, 0.2) is 84.9 Å². The molecule has 0 saturated heterocycles. The fraction of sp³-hybridized carbons (Fsp3) is 0.267. The van der Waals surface area contributed by atoms with E-state index in [1.807, 2.05) is 60.7 Å². The lowest BCUT2D eigenvalue weighted by Gasteiger charge is -2.21. The molecule has 0 unspecified atom stereocenters. The maximum absolute atomic E-state index is 12.9. The van der Waals surface area contributed by atoms with Crippen molar-refractivity contribution >= 4 is 23.9 Å². The average molecular weight is 548 g/mol. The van der Waals surface area contributed by atoms with Gasteiger partial charge in [0.05, 0.1) is 7.11 Å². The average Bonchev–Trinajstić information content (AvgIpc) is 2.98. The summed E-state index contributed by atoms with van der Waals surface area (Å²) in [5, 5.41) is 7.51. The molecule has 10 heteroatoms. The number of methoxy groups -OCH3 is 1. The molecule has 0 aliphatic rings. The highest BCUT2D eigenvalue weighted by atomic mass is 16.5. The van der Waals surface area contributed by atoms with Gasteiger partial charge in [0.25, 0.3) is 0 Å². The third-order valence-electron chi connectivity index (χ3n) is 5.80. The summed E-state index contributed by atoms with van der Waals surface area (Å²) in [6, 6.07) is 23.4. The van der Waals surface area contributed by atoms with E-state index in [-0.39, 0.29) is 19.6 Å². The van der Waals surface area contributed by atoms with E-state index >= 15 is 0 Å². The van der Waals surface area contributed by atoms with E-state index in [1.54, 1.807) is 31.4 Å². The first-order chi connectivity index (χ1) is 19.3. The van der Waals surface area contributed by atoms with Gasteiger partial charge >= 0.3 is 12.1 Å². The molecule has 0 aliphatic heterocycles. The van der Waals surface area contributed by atoms with Gasteiger partial charge in [-0.1, -0.05) is 72.8 Å². The zero-order valence-electron chi connectivity index (χ0n) is 22.4. The Kier molecular flexibility index (Phi) is 11.5. The molecule has 3 N–H and O–H groups in total. The zero-order valence-corrected chi connectivity index (χ0v) is 22.4. The van der Waals surface area contributed by atoms with Gasteiger partial charge in [0.2, 0.25) is 11.8 Å². The lowest BCUT2D eigenvalue weighted by atomic mass is 10.1. The summed E-state index contributed by atoms with van der Waals surface area (Å²) in [5.74, 6) is -1.09. The second kappa shape index (κ2) is 15.5. The molecule has 0 fully saturated rings. The van der Waals surface area contributed by atoms with Crippen LogP contribution in [0.3, 0.4) is 0 Å². The molecule has 0 radical (unpaired) electrons. The zero-order chi connectivity index (χ0) is 28.7. The number of carbonyl (C=O) groups is 4. The minimum atomic E-state index is -0.982. The van der Waals surface area contributed by atoms with Gasteiger partial charge in [0.15, 0.2) is 0 Å². The number of amides is 3. The quantitative estimate of drug-likeness (QED) is 0.280. The number of rotatable bonds is 13. The number of hydrogen-bond acceptors (Lipinski definition) is 7. The van der Waals surface area contributed by atoms with Crippen LogP contribution in [0, 0.1) is 0 Å². The summed E-state index contributed by atoms with van der Waals surface area (Å²) in [5.41, 5.74) is 2.40. The van der Waals surface area contributed by atoms with Crippen molar-refractivity contribution in [2.75, 3.05) is 13.7 Å². The van der Waals surface area contributed by atoms with Crippen molar-refractivity contribution in [3.05, 3.63) is 102 Å². The highest BCUT2D eigenvalue weighted by Gasteiger charge is 2.26. The Morgan fingerprint density at radius 2 is 1.30 bits per heavy atom. The van der Waals surface area contributed by atoms with Crippen molar-refractivity contribution in [2.45, 2.75) is 38.6 Å². The topological polar surface area (TPSA) is 132 Å². The van der Waals surface area contributed by atoms with Crippen molar-refractivity contribution in [3.8, 4) is 5.75 Å². The summed E-state index contributed by atoms with van der Waals surface area (Å²) < 4.78 is 15.6. The van der Waals surface area contributed by atoms with Gasteiger partial charge in [-0.15, -0.1) is 0 Å². The van der Waals surface area contributed by atoms with Crippen molar-refractivity contribution in [1.82, 2.24) is 16.0 Å². The van der Waals surface area contributed by atoms with Crippen LogP contribution in [0.5, 0.6) is 5.75 Å². The molecule has 0 heterocycles. The number of ether oxygens (including phenoxy) is 3. The molecule has 3 rings (SSSR count). The van der Waals surface area contributed by atoms with Crippen LogP contribution in [0.4, 0.5) is 4.79 Å². The molecule has 0 spiro atoms. The van der Waals surface area contributed by atoms with Gasteiger partial charge in [-0.25, -0.2) is 9.59 Å². The molecule has 0 aromatic heterocycles. The fourth-order valence-corrected chi connectivity index (χ4v) is 3.60. The number of alkyl carbamates (subject to hydrolysis) is 1. The molecular formula is C30H33N3O7. The summed E-state index contributed by atoms with van der Waals surface area (Å²) in [6.07, 6.45) is -0.574. The summed E-state index contributed by atoms with van der Waals surface area (Å²) in [6.45, 7) is 1.16. The first-order valence-corrected chi connectivity index (χ1v) is 12.7. The van der Waals surface area contributed by atoms with E-state index in [2.05, 4.69) is 16.0 Å².